The monoisotopic (exact) mass is 182 g/mol. The average molecular weight is 182 g/mol. The summed E-state index contributed by atoms with van der Waals surface area (Å²) in [6, 6.07) is 0. The highest BCUT2D eigenvalue weighted by Gasteiger charge is 2.26. The largest absolute Gasteiger partial charge is 0.0654 e. The van der Waals surface area contributed by atoms with Gasteiger partial charge < -0.3 is 0 Å². The van der Waals surface area contributed by atoms with Crippen LogP contribution in [0.3, 0.4) is 0 Å². The molecule has 1 rings (SSSR count). The molecular formula is C13H26. The van der Waals surface area contributed by atoms with Crippen LogP contribution < -0.4 is 0 Å². The Morgan fingerprint density at radius 1 is 1.00 bits per heavy atom. The van der Waals surface area contributed by atoms with Gasteiger partial charge in [0.05, 0.1) is 0 Å². The van der Waals surface area contributed by atoms with Gasteiger partial charge in [0.15, 0.2) is 0 Å². The highest BCUT2D eigenvalue weighted by Crippen LogP contribution is 2.37. The van der Waals surface area contributed by atoms with Crippen molar-refractivity contribution in [1.29, 1.82) is 0 Å². The van der Waals surface area contributed by atoms with Crippen LogP contribution in [0.15, 0.2) is 0 Å². The van der Waals surface area contributed by atoms with Gasteiger partial charge in [0.2, 0.25) is 0 Å². The summed E-state index contributed by atoms with van der Waals surface area (Å²) in [7, 11) is 0. The molecule has 0 aliphatic heterocycles. The van der Waals surface area contributed by atoms with E-state index in [0.717, 1.165) is 17.8 Å². The maximum Gasteiger partial charge on any atom is -0.0363 e. The smallest absolute Gasteiger partial charge is 0.0363 e. The predicted molar refractivity (Wildman–Crippen MR) is 59.8 cm³/mol. The number of rotatable bonds is 4. The highest BCUT2D eigenvalue weighted by atomic mass is 14.3. The zero-order valence-electron chi connectivity index (χ0n) is 9.68. The lowest BCUT2D eigenvalue weighted by molar-refractivity contribution is 0.164. The third kappa shape index (κ3) is 3.32. The van der Waals surface area contributed by atoms with Gasteiger partial charge in [-0.15, -0.1) is 0 Å². The van der Waals surface area contributed by atoms with E-state index in [1.165, 1.54) is 44.9 Å². The lowest BCUT2D eigenvalue weighted by atomic mass is 9.71. The minimum atomic E-state index is 1.00. The molecule has 0 aromatic heterocycles. The number of hydrogen-bond acceptors (Lipinski definition) is 0. The molecule has 0 heteroatoms. The molecule has 2 atom stereocenters. The molecule has 2 unspecified atom stereocenters. The minimum Gasteiger partial charge on any atom is -0.0654 e. The van der Waals surface area contributed by atoms with Crippen LogP contribution in [0.4, 0.5) is 0 Å². The van der Waals surface area contributed by atoms with Crippen LogP contribution in [0.2, 0.25) is 0 Å². The summed E-state index contributed by atoms with van der Waals surface area (Å²) in [5.41, 5.74) is 0. The Labute approximate surface area is 84.1 Å². The van der Waals surface area contributed by atoms with E-state index >= 15 is 0 Å². The molecule has 0 spiro atoms. The van der Waals surface area contributed by atoms with Crippen molar-refractivity contribution in [3.8, 4) is 0 Å². The summed E-state index contributed by atoms with van der Waals surface area (Å²) in [6.45, 7) is 7.23. The van der Waals surface area contributed by atoms with Crippen LogP contribution in [-0.4, -0.2) is 0 Å². The van der Waals surface area contributed by atoms with E-state index in [1.54, 1.807) is 0 Å². The quantitative estimate of drug-likeness (QED) is 0.556. The third-order valence-corrected chi connectivity index (χ3v) is 3.92. The fraction of sp³-hybridized carbons (Fsp3) is 1.00. The van der Waals surface area contributed by atoms with Gasteiger partial charge in [0.25, 0.3) is 0 Å². The molecular weight excluding hydrogens is 156 g/mol. The fourth-order valence-electron chi connectivity index (χ4n) is 2.95. The molecule has 13 heavy (non-hydrogen) atoms. The first-order chi connectivity index (χ1) is 6.25. The molecule has 0 saturated heterocycles. The standard InChI is InChI=1S/C13H26/c1-4-5-6-10-13-11(2)8-7-9-12(13)3/h11-13H,4-10H2,1-3H3. The Kier molecular flexibility index (Phi) is 4.83. The first kappa shape index (κ1) is 11.1. The molecule has 0 bridgehead atoms. The van der Waals surface area contributed by atoms with E-state index in [2.05, 4.69) is 20.8 Å². The summed E-state index contributed by atoms with van der Waals surface area (Å²) in [5.74, 6) is 3.04. The Balaban J connectivity index is 2.26. The Morgan fingerprint density at radius 3 is 2.15 bits per heavy atom. The van der Waals surface area contributed by atoms with E-state index in [0.29, 0.717) is 0 Å². The minimum absolute atomic E-state index is 1.00. The first-order valence-electron chi connectivity index (χ1n) is 6.25. The van der Waals surface area contributed by atoms with E-state index in [9.17, 15) is 0 Å². The summed E-state index contributed by atoms with van der Waals surface area (Å²) in [4.78, 5) is 0. The predicted octanol–water partition coefficient (Wildman–Crippen LogP) is 4.64. The number of hydrogen-bond donors (Lipinski definition) is 0. The molecule has 1 saturated carbocycles. The molecule has 0 aromatic rings. The lowest BCUT2D eigenvalue weighted by Gasteiger charge is -2.34. The van der Waals surface area contributed by atoms with Crippen LogP contribution in [0.25, 0.3) is 0 Å². The molecule has 1 aliphatic carbocycles. The van der Waals surface area contributed by atoms with Crippen LogP contribution in [0.1, 0.15) is 65.7 Å². The van der Waals surface area contributed by atoms with Crippen molar-refractivity contribution in [1.82, 2.24) is 0 Å². The molecule has 0 amide bonds. The van der Waals surface area contributed by atoms with Gasteiger partial charge in [-0.2, -0.15) is 0 Å². The summed E-state index contributed by atoms with van der Waals surface area (Å²) in [6.07, 6.45) is 10.2. The SMILES string of the molecule is CCCCCC1C(C)CCCC1C. The second-order valence-electron chi connectivity index (χ2n) is 5.05. The van der Waals surface area contributed by atoms with Crippen LogP contribution in [0, 0.1) is 17.8 Å². The molecule has 0 aromatic carbocycles. The van der Waals surface area contributed by atoms with Crippen molar-refractivity contribution >= 4 is 0 Å². The van der Waals surface area contributed by atoms with E-state index < -0.39 is 0 Å². The number of unbranched alkanes of at least 4 members (excludes halogenated alkanes) is 2. The van der Waals surface area contributed by atoms with Gasteiger partial charge >= 0.3 is 0 Å². The van der Waals surface area contributed by atoms with Gasteiger partial charge in [-0.25, -0.2) is 0 Å². The molecule has 0 radical (unpaired) electrons. The van der Waals surface area contributed by atoms with Crippen molar-refractivity contribution in [2.45, 2.75) is 65.7 Å². The zero-order chi connectivity index (χ0) is 9.68. The van der Waals surface area contributed by atoms with Crippen LogP contribution in [0.5, 0.6) is 0 Å². The summed E-state index contributed by atoms with van der Waals surface area (Å²) in [5, 5.41) is 0. The average Bonchev–Trinajstić information content (AvgIpc) is 2.10. The van der Waals surface area contributed by atoms with Crippen molar-refractivity contribution < 1.29 is 0 Å². The van der Waals surface area contributed by atoms with Crippen molar-refractivity contribution in [2.24, 2.45) is 17.8 Å². The van der Waals surface area contributed by atoms with Crippen LogP contribution >= 0.6 is 0 Å². The van der Waals surface area contributed by atoms with Crippen molar-refractivity contribution in [3.05, 3.63) is 0 Å². The van der Waals surface area contributed by atoms with Crippen molar-refractivity contribution in [2.75, 3.05) is 0 Å². The zero-order valence-corrected chi connectivity index (χ0v) is 9.68. The fourth-order valence-corrected chi connectivity index (χ4v) is 2.95. The first-order valence-corrected chi connectivity index (χ1v) is 6.25. The van der Waals surface area contributed by atoms with Crippen molar-refractivity contribution in [3.63, 3.8) is 0 Å². The molecule has 0 heterocycles. The second kappa shape index (κ2) is 5.67. The second-order valence-corrected chi connectivity index (χ2v) is 5.05. The maximum absolute atomic E-state index is 2.46. The van der Waals surface area contributed by atoms with Gasteiger partial charge in [-0.3, -0.25) is 0 Å². The van der Waals surface area contributed by atoms with Gasteiger partial charge in [0.1, 0.15) is 0 Å². The molecule has 78 valence electrons. The lowest BCUT2D eigenvalue weighted by Crippen LogP contribution is -2.24. The maximum atomic E-state index is 2.46. The molecule has 1 aliphatic rings. The Morgan fingerprint density at radius 2 is 1.62 bits per heavy atom. The van der Waals surface area contributed by atoms with E-state index in [-0.39, 0.29) is 0 Å². The molecule has 0 N–H and O–H groups in total. The third-order valence-electron chi connectivity index (χ3n) is 3.92. The van der Waals surface area contributed by atoms with Gasteiger partial charge in [-0.1, -0.05) is 59.3 Å². The van der Waals surface area contributed by atoms with Gasteiger partial charge in [0, 0.05) is 0 Å². The van der Waals surface area contributed by atoms with Crippen LogP contribution in [-0.2, 0) is 0 Å². The Hall–Kier alpha value is 0. The van der Waals surface area contributed by atoms with Gasteiger partial charge in [-0.05, 0) is 24.2 Å². The Bertz CT molecular complexity index is 118. The summed E-state index contributed by atoms with van der Waals surface area (Å²) < 4.78 is 0. The summed E-state index contributed by atoms with van der Waals surface area (Å²) >= 11 is 0. The van der Waals surface area contributed by atoms with E-state index in [1.807, 2.05) is 0 Å². The highest BCUT2D eigenvalue weighted by molar-refractivity contribution is 4.77. The normalized spacial score (nSPS) is 34.8. The van der Waals surface area contributed by atoms with E-state index in [4.69, 9.17) is 0 Å². The molecule has 1 fully saturated rings. The molecule has 0 nitrogen and oxygen atoms in total. The topological polar surface area (TPSA) is 0 Å².